The van der Waals surface area contributed by atoms with Gasteiger partial charge in [0.1, 0.15) is 0 Å². The minimum absolute atomic E-state index is 0.150. The third-order valence-electron chi connectivity index (χ3n) is 2.66. The zero-order valence-corrected chi connectivity index (χ0v) is 9.38. The Hall–Kier alpha value is -2.11. The molecule has 1 amide bonds. The van der Waals surface area contributed by atoms with Crippen LogP contribution in [0.1, 0.15) is 6.92 Å². The van der Waals surface area contributed by atoms with Crippen molar-refractivity contribution in [1.29, 1.82) is 0 Å². The molecule has 2 heterocycles. The number of carboxylic acids is 1. The number of pyridine rings is 1. The average Bonchev–Trinajstić information content (AvgIpc) is 2.28. The number of amides is 1. The van der Waals surface area contributed by atoms with E-state index >= 15 is 0 Å². The van der Waals surface area contributed by atoms with Crippen LogP contribution in [0.5, 0.6) is 0 Å². The van der Waals surface area contributed by atoms with E-state index in [4.69, 9.17) is 5.11 Å². The number of aromatic nitrogens is 1. The molecule has 0 aromatic carbocycles. The SMILES string of the molecule is CC(CN1CC(=O)Nc2cnccc21)C(=O)O. The molecule has 17 heavy (non-hydrogen) atoms. The molecule has 0 saturated heterocycles. The number of nitrogens with zero attached hydrogens (tertiary/aromatic N) is 2. The maximum absolute atomic E-state index is 11.5. The van der Waals surface area contributed by atoms with E-state index in [0.717, 1.165) is 5.69 Å². The van der Waals surface area contributed by atoms with Crippen LogP contribution in [0.3, 0.4) is 0 Å². The van der Waals surface area contributed by atoms with Gasteiger partial charge in [-0.3, -0.25) is 14.6 Å². The number of fused-ring (bicyclic) bond motifs is 1. The molecule has 0 saturated carbocycles. The number of anilines is 2. The largest absolute Gasteiger partial charge is 0.481 e. The van der Waals surface area contributed by atoms with Crippen LogP contribution in [0.4, 0.5) is 11.4 Å². The molecule has 90 valence electrons. The Bertz CT molecular complexity index is 461. The molecule has 0 radical (unpaired) electrons. The van der Waals surface area contributed by atoms with E-state index < -0.39 is 11.9 Å². The molecular weight excluding hydrogens is 222 g/mol. The molecule has 2 N–H and O–H groups in total. The zero-order valence-electron chi connectivity index (χ0n) is 9.38. The maximum Gasteiger partial charge on any atom is 0.308 e. The van der Waals surface area contributed by atoms with Crippen molar-refractivity contribution in [3.63, 3.8) is 0 Å². The van der Waals surface area contributed by atoms with Gasteiger partial charge in [0.15, 0.2) is 0 Å². The Kier molecular flexibility index (Phi) is 2.95. The molecule has 1 atom stereocenters. The summed E-state index contributed by atoms with van der Waals surface area (Å²) in [5, 5.41) is 11.6. The highest BCUT2D eigenvalue weighted by Gasteiger charge is 2.24. The van der Waals surface area contributed by atoms with Gasteiger partial charge in [-0.1, -0.05) is 6.92 Å². The number of aliphatic carboxylic acids is 1. The minimum atomic E-state index is -0.869. The highest BCUT2D eigenvalue weighted by Crippen LogP contribution is 2.28. The summed E-state index contributed by atoms with van der Waals surface area (Å²) < 4.78 is 0. The molecule has 1 aliphatic rings. The lowest BCUT2D eigenvalue weighted by atomic mass is 10.1. The van der Waals surface area contributed by atoms with Crippen LogP contribution in [0.25, 0.3) is 0 Å². The minimum Gasteiger partial charge on any atom is -0.481 e. The van der Waals surface area contributed by atoms with E-state index in [1.165, 1.54) is 0 Å². The normalized spacial score (nSPS) is 16.1. The number of rotatable bonds is 3. The Morgan fingerprint density at radius 1 is 1.71 bits per heavy atom. The molecular formula is C11H13N3O3. The van der Waals surface area contributed by atoms with E-state index in [9.17, 15) is 9.59 Å². The summed E-state index contributed by atoms with van der Waals surface area (Å²) in [5.74, 6) is -1.54. The molecule has 1 aliphatic heterocycles. The third-order valence-corrected chi connectivity index (χ3v) is 2.66. The molecule has 6 nitrogen and oxygen atoms in total. The van der Waals surface area contributed by atoms with Crippen LogP contribution < -0.4 is 10.2 Å². The van der Waals surface area contributed by atoms with Crippen LogP contribution in [-0.2, 0) is 9.59 Å². The molecule has 0 fully saturated rings. The number of hydrogen-bond donors (Lipinski definition) is 2. The highest BCUT2D eigenvalue weighted by atomic mass is 16.4. The molecule has 0 aliphatic carbocycles. The summed E-state index contributed by atoms with van der Waals surface area (Å²) in [7, 11) is 0. The summed E-state index contributed by atoms with van der Waals surface area (Å²) in [6, 6.07) is 1.77. The van der Waals surface area contributed by atoms with E-state index in [1.807, 2.05) is 0 Å². The number of carbonyl (C=O) groups is 2. The number of hydrogen-bond acceptors (Lipinski definition) is 4. The second-order valence-corrected chi connectivity index (χ2v) is 4.06. The summed E-state index contributed by atoms with van der Waals surface area (Å²) in [5.41, 5.74) is 1.44. The summed E-state index contributed by atoms with van der Waals surface area (Å²) in [4.78, 5) is 28.0. The maximum atomic E-state index is 11.5. The van der Waals surface area contributed by atoms with Crippen LogP contribution in [0.2, 0.25) is 0 Å². The van der Waals surface area contributed by atoms with Gasteiger partial charge in [-0.05, 0) is 6.07 Å². The fourth-order valence-corrected chi connectivity index (χ4v) is 1.78. The Morgan fingerprint density at radius 3 is 3.18 bits per heavy atom. The fraction of sp³-hybridized carbons (Fsp3) is 0.364. The van der Waals surface area contributed by atoms with Crippen molar-refractivity contribution >= 4 is 23.3 Å². The third kappa shape index (κ3) is 2.35. The van der Waals surface area contributed by atoms with Gasteiger partial charge in [0.2, 0.25) is 5.91 Å². The first-order valence-corrected chi connectivity index (χ1v) is 5.29. The predicted octanol–water partition coefficient (Wildman–Crippen LogP) is 0.561. The Balaban J connectivity index is 2.24. The van der Waals surface area contributed by atoms with Crippen molar-refractivity contribution in [2.24, 2.45) is 5.92 Å². The van der Waals surface area contributed by atoms with Gasteiger partial charge in [-0.2, -0.15) is 0 Å². The van der Waals surface area contributed by atoms with E-state index in [1.54, 1.807) is 30.3 Å². The first-order valence-electron chi connectivity index (χ1n) is 5.29. The zero-order chi connectivity index (χ0) is 12.4. The van der Waals surface area contributed by atoms with Gasteiger partial charge >= 0.3 is 5.97 Å². The van der Waals surface area contributed by atoms with Crippen LogP contribution >= 0.6 is 0 Å². The average molecular weight is 235 g/mol. The van der Waals surface area contributed by atoms with Crippen molar-refractivity contribution in [1.82, 2.24) is 4.98 Å². The van der Waals surface area contributed by atoms with Crippen molar-refractivity contribution in [3.8, 4) is 0 Å². The topological polar surface area (TPSA) is 82.5 Å². The highest BCUT2D eigenvalue weighted by molar-refractivity contribution is 6.00. The second kappa shape index (κ2) is 4.40. The van der Waals surface area contributed by atoms with Gasteiger partial charge in [0, 0.05) is 12.7 Å². The molecule has 1 aromatic heterocycles. The predicted molar refractivity (Wildman–Crippen MR) is 61.9 cm³/mol. The molecule has 1 aromatic rings. The Labute approximate surface area is 98.3 Å². The fourth-order valence-electron chi connectivity index (χ4n) is 1.78. The number of carbonyl (C=O) groups excluding carboxylic acids is 1. The standard InChI is InChI=1S/C11H13N3O3/c1-7(11(16)17)5-14-6-10(15)13-8-4-12-3-2-9(8)14/h2-4,7H,5-6H2,1H3,(H,13,15)(H,16,17). The molecule has 2 rings (SSSR count). The van der Waals surface area contributed by atoms with Crippen molar-refractivity contribution < 1.29 is 14.7 Å². The van der Waals surface area contributed by atoms with E-state index in [2.05, 4.69) is 10.3 Å². The molecule has 1 unspecified atom stereocenters. The lowest BCUT2D eigenvalue weighted by Gasteiger charge is -2.31. The number of carboxylic acid groups (broad SMARTS) is 1. The lowest BCUT2D eigenvalue weighted by Crippen LogP contribution is -2.41. The quantitative estimate of drug-likeness (QED) is 0.800. The van der Waals surface area contributed by atoms with Gasteiger partial charge < -0.3 is 15.3 Å². The first-order chi connectivity index (χ1) is 8.08. The van der Waals surface area contributed by atoms with Crippen molar-refractivity contribution in [3.05, 3.63) is 18.5 Å². The Morgan fingerprint density at radius 2 is 2.47 bits per heavy atom. The van der Waals surface area contributed by atoms with Gasteiger partial charge in [-0.25, -0.2) is 0 Å². The van der Waals surface area contributed by atoms with Gasteiger partial charge in [0.05, 0.1) is 30.0 Å². The van der Waals surface area contributed by atoms with E-state index in [0.29, 0.717) is 12.2 Å². The summed E-state index contributed by atoms with van der Waals surface area (Å²) in [6.07, 6.45) is 3.18. The van der Waals surface area contributed by atoms with Gasteiger partial charge in [-0.15, -0.1) is 0 Å². The van der Waals surface area contributed by atoms with Crippen LogP contribution in [-0.4, -0.2) is 35.1 Å². The van der Waals surface area contributed by atoms with Crippen molar-refractivity contribution in [2.75, 3.05) is 23.3 Å². The lowest BCUT2D eigenvalue weighted by molar-refractivity contribution is -0.140. The number of nitrogens with one attached hydrogen (secondary N) is 1. The molecule has 0 bridgehead atoms. The molecule has 0 spiro atoms. The van der Waals surface area contributed by atoms with Crippen molar-refractivity contribution in [2.45, 2.75) is 6.92 Å². The molecule has 6 heteroatoms. The van der Waals surface area contributed by atoms with Gasteiger partial charge in [0.25, 0.3) is 0 Å². The van der Waals surface area contributed by atoms with Crippen LogP contribution in [0.15, 0.2) is 18.5 Å². The monoisotopic (exact) mass is 235 g/mol. The van der Waals surface area contributed by atoms with Crippen LogP contribution in [0, 0.1) is 5.92 Å². The second-order valence-electron chi connectivity index (χ2n) is 4.06. The summed E-state index contributed by atoms with van der Waals surface area (Å²) in [6.45, 7) is 2.10. The van der Waals surface area contributed by atoms with E-state index in [-0.39, 0.29) is 12.5 Å². The summed E-state index contributed by atoms with van der Waals surface area (Å²) >= 11 is 0. The smallest absolute Gasteiger partial charge is 0.308 e. The first kappa shape index (κ1) is 11.4.